The van der Waals surface area contributed by atoms with Crippen molar-refractivity contribution in [1.29, 1.82) is 0 Å². The van der Waals surface area contributed by atoms with Crippen molar-refractivity contribution in [1.82, 2.24) is 0 Å². The lowest BCUT2D eigenvalue weighted by Crippen LogP contribution is -2.20. The van der Waals surface area contributed by atoms with Gasteiger partial charge in [0.2, 0.25) is 0 Å². The summed E-state index contributed by atoms with van der Waals surface area (Å²) in [6.45, 7) is 12.6. The quantitative estimate of drug-likeness (QED) is 0.543. The van der Waals surface area contributed by atoms with Crippen molar-refractivity contribution in [3.63, 3.8) is 0 Å². The Balaban J connectivity index is 2.73. The van der Waals surface area contributed by atoms with Crippen LogP contribution in [0.15, 0.2) is 28.9 Å². The van der Waals surface area contributed by atoms with E-state index in [4.69, 9.17) is 0 Å². The van der Waals surface area contributed by atoms with Crippen LogP contribution < -0.4 is 0 Å². The van der Waals surface area contributed by atoms with Gasteiger partial charge in [0.25, 0.3) is 0 Å². The summed E-state index contributed by atoms with van der Waals surface area (Å²) in [6, 6.07) is 0. The van der Waals surface area contributed by atoms with Crippen LogP contribution in [0.3, 0.4) is 0 Å². The van der Waals surface area contributed by atoms with Gasteiger partial charge in [-0.05, 0) is 23.5 Å². The lowest BCUT2D eigenvalue weighted by molar-refractivity contribution is 0.526. The van der Waals surface area contributed by atoms with Crippen LogP contribution >= 0.6 is 0 Å². The van der Waals surface area contributed by atoms with Gasteiger partial charge >= 0.3 is 0 Å². The zero-order valence-electron chi connectivity index (χ0n) is 7.73. The molecule has 1 aliphatic rings. The summed E-state index contributed by atoms with van der Waals surface area (Å²) in [7, 11) is 0. The van der Waals surface area contributed by atoms with E-state index in [9.17, 15) is 0 Å². The second-order valence-electron chi connectivity index (χ2n) is 4.02. The highest BCUT2D eigenvalue weighted by Crippen LogP contribution is 2.29. The normalized spacial score (nSPS) is 16.7. The van der Waals surface area contributed by atoms with Crippen LogP contribution in [0.1, 0.15) is 27.7 Å². The van der Waals surface area contributed by atoms with Crippen LogP contribution in [0.4, 0.5) is 0 Å². The minimum atomic E-state index is 0.147. The third-order valence-electron chi connectivity index (χ3n) is 1.95. The monoisotopic (exact) mass is 149 g/mol. The molecule has 0 aromatic heterocycles. The summed E-state index contributed by atoms with van der Waals surface area (Å²) in [5, 5.41) is 0. The topological polar surface area (TPSA) is 12.4 Å². The number of allylic oxidation sites excluding steroid dienone is 2. The lowest BCUT2D eigenvalue weighted by Gasteiger charge is -2.26. The highest BCUT2D eigenvalue weighted by molar-refractivity contribution is 6.15. The molecule has 60 valence electrons. The Morgan fingerprint density at radius 1 is 1.45 bits per heavy atom. The Morgan fingerprint density at radius 2 is 2.00 bits per heavy atom. The molecule has 0 aliphatic carbocycles. The maximum Gasteiger partial charge on any atom is 0.0705 e. The van der Waals surface area contributed by atoms with Crippen molar-refractivity contribution in [2.45, 2.75) is 27.7 Å². The van der Waals surface area contributed by atoms with Crippen LogP contribution in [0.25, 0.3) is 0 Å². The molecule has 1 heteroatoms. The highest BCUT2D eigenvalue weighted by atomic mass is 14.8. The van der Waals surface area contributed by atoms with E-state index in [1.165, 1.54) is 5.57 Å². The van der Waals surface area contributed by atoms with Gasteiger partial charge in [0, 0.05) is 6.20 Å². The standard InChI is InChI=1S/C10H15N/c1-7-6-11-9(7)8(2)10(3,4)5/h6H,2H2,1,3-5H3. The predicted octanol–water partition coefficient (Wildman–Crippen LogP) is 2.95. The van der Waals surface area contributed by atoms with Crippen LogP contribution in [-0.2, 0) is 0 Å². The third kappa shape index (κ3) is 1.42. The minimum Gasteiger partial charge on any atom is -0.256 e. The van der Waals surface area contributed by atoms with E-state index < -0.39 is 0 Å². The van der Waals surface area contributed by atoms with E-state index in [-0.39, 0.29) is 5.41 Å². The molecular formula is C10H15N. The fourth-order valence-electron chi connectivity index (χ4n) is 0.929. The average Bonchev–Trinajstić information content (AvgIpc) is 1.83. The van der Waals surface area contributed by atoms with Gasteiger partial charge in [-0.1, -0.05) is 27.4 Å². The van der Waals surface area contributed by atoms with E-state index in [2.05, 4.69) is 39.3 Å². The molecule has 0 spiro atoms. The second-order valence-corrected chi connectivity index (χ2v) is 4.02. The van der Waals surface area contributed by atoms with Gasteiger partial charge in [0.05, 0.1) is 5.71 Å². The summed E-state index contributed by atoms with van der Waals surface area (Å²) in [6.07, 6.45) is 1.88. The van der Waals surface area contributed by atoms with Gasteiger partial charge in [-0.15, -0.1) is 0 Å². The Kier molecular flexibility index (Phi) is 1.75. The second kappa shape index (κ2) is 2.33. The number of aliphatic imine (C=N–C) groups is 1. The van der Waals surface area contributed by atoms with Crippen molar-refractivity contribution in [2.24, 2.45) is 10.4 Å². The molecule has 1 aliphatic heterocycles. The van der Waals surface area contributed by atoms with E-state index in [0.29, 0.717) is 0 Å². The molecule has 0 N–H and O–H groups in total. The lowest BCUT2D eigenvalue weighted by atomic mass is 9.82. The van der Waals surface area contributed by atoms with Gasteiger partial charge < -0.3 is 0 Å². The molecule has 0 aromatic rings. The van der Waals surface area contributed by atoms with Gasteiger partial charge in [-0.25, -0.2) is 0 Å². The predicted molar refractivity (Wildman–Crippen MR) is 49.8 cm³/mol. The number of rotatable bonds is 1. The van der Waals surface area contributed by atoms with Crippen molar-refractivity contribution >= 4 is 5.71 Å². The molecule has 1 nitrogen and oxygen atoms in total. The van der Waals surface area contributed by atoms with Gasteiger partial charge in [-0.2, -0.15) is 0 Å². The number of hydrogen-bond donors (Lipinski definition) is 0. The van der Waals surface area contributed by atoms with E-state index >= 15 is 0 Å². The average molecular weight is 149 g/mol. The fraction of sp³-hybridized carbons (Fsp3) is 0.500. The smallest absolute Gasteiger partial charge is 0.0705 e. The first-order valence-electron chi connectivity index (χ1n) is 3.87. The van der Waals surface area contributed by atoms with E-state index in [1.807, 2.05) is 6.20 Å². The first-order chi connectivity index (χ1) is 4.93. The molecule has 0 radical (unpaired) electrons. The largest absolute Gasteiger partial charge is 0.256 e. The molecule has 0 saturated carbocycles. The maximum absolute atomic E-state index is 4.17. The van der Waals surface area contributed by atoms with Crippen LogP contribution in [-0.4, -0.2) is 5.71 Å². The van der Waals surface area contributed by atoms with E-state index in [0.717, 1.165) is 11.3 Å². The van der Waals surface area contributed by atoms with Crippen molar-refractivity contribution < 1.29 is 0 Å². The van der Waals surface area contributed by atoms with Crippen LogP contribution in [0.2, 0.25) is 0 Å². The molecule has 1 heterocycles. The number of nitrogens with zero attached hydrogens (tertiary/aromatic N) is 1. The SMILES string of the molecule is C=C(C1=NC=C1C)C(C)(C)C. The van der Waals surface area contributed by atoms with E-state index in [1.54, 1.807) is 0 Å². The zero-order chi connectivity index (χ0) is 8.65. The fourth-order valence-corrected chi connectivity index (χ4v) is 0.929. The molecule has 0 atom stereocenters. The van der Waals surface area contributed by atoms with Crippen LogP contribution in [0.5, 0.6) is 0 Å². The first kappa shape index (κ1) is 8.25. The van der Waals surface area contributed by atoms with Crippen molar-refractivity contribution in [3.8, 4) is 0 Å². The van der Waals surface area contributed by atoms with Gasteiger partial charge in [0.15, 0.2) is 0 Å². The molecule has 1 rings (SSSR count). The summed E-state index contributed by atoms with van der Waals surface area (Å²) >= 11 is 0. The maximum atomic E-state index is 4.17. The van der Waals surface area contributed by atoms with Gasteiger partial charge in [0.1, 0.15) is 0 Å². The summed E-state index contributed by atoms with van der Waals surface area (Å²) in [5.74, 6) is 0. The van der Waals surface area contributed by atoms with Gasteiger partial charge in [-0.3, -0.25) is 4.99 Å². The Hall–Kier alpha value is -0.850. The summed E-state index contributed by atoms with van der Waals surface area (Å²) in [4.78, 5) is 4.17. The van der Waals surface area contributed by atoms with Crippen molar-refractivity contribution in [2.75, 3.05) is 0 Å². The zero-order valence-corrected chi connectivity index (χ0v) is 7.73. The molecule has 11 heavy (non-hydrogen) atoms. The first-order valence-corrected chi connectivity index (χ1v) is 3.87. The van der Waals surface area contributed by atoms with Crippen LogP contribution in [0, 0.1) is 5.41 Å². The summed E-state index contributed by atoms with van der Waals surface area (Å²) < 4.78 is 0. The number of hydrogen-bond acceptors (Lipinski definition) is 1. The molecular weight excluding hydrogens is 134 g/mol. The molecule has 0 unspecified atom stereocenters. The molecule has 0 aromatic carbocycles. The molecule has 0 bridgehead atoms. The Bertz CT molecular complexity index is 249. The Morgan fingerprint density at radius 3 is 2.09 bits per heavy atom. The third-order valence-corrected chi connectivity index (χ3v) is 1.95. The highest BCUT2D eigenvalue weighted by Gasteiger charge is 2.22. The minimum absolute atomic E-state index is 0.147. The summed E-state index contributed by atoms with van der Waals surface area (Å²) in [5.41, 5.74) is 3.63. The molecule has 0 saturated heterocycles. The molecule has 0 fully saturated rings. The van der Waals surface area contributed by atoms with Crippen molar-refractivity contribution in [3.05, 3.63) is 23.9 Å². The molecule has 0 amide bonds. The Labute approximate surface area is 68.5 Å².